The molecule has 4 aliphatic rings. The number of carbonyl (C=O) groups is 2. The van der Waals surface area contributed by atoms with E-state index in [0.29, 0.717) is 25.0 Å². The SMILES string of the molecule is CC(=O)O[C@@H](C)C(=O)OC1=CC[C@@]2(O)[C@H]3Cc4ccc(O)c5c4[C@@]2(CCN3C)[C@H]1O5. The number of benzene rings is 1. The maximum atomic E-state index is 12.5. The lowest BCUT2D eigenvalue weighted by Crippen LogP contribution is -2.74. The quantitative estimate of drug-likeness (QED) is 0.709. The molecular weight excluding hydrogens is 390 g/mol. The Balaban J connectivity index is 1.60. The highest BCUT2D eigenvalue weighted by Gasteiger charge is 2.72. The van der Waals surface area contributed by atoms with Crippen LogP contribution in [-0.4, -0.2) is 64.5 Å². The van der Waals surface area contributed by atoms with Gasteiger partial charge in [-0.05, 0) is 51.1 Å². The minimum atomic E-state index is -1.12. The molecule has 0 aromatic heterocycles. The van der Waals surface area contributed by atoms with E-state index in [0.717, 1.165) is 17.7 Å². The molecule has 2 aliphatic heterocycles. The maximum Gasteiger partial charge on any atom is 0.352 e. The van der Waals surface area contributed by atoms with Crippen molar-refractivity contribution >= 4 is 11.9 Å². The number of ether oxygens (including phenoxy) is 3. The summed E-state index contributed by atoms with van der Waals surface area (Å²) in [7, 11) is 2.01. The molecule has 1 spiro atoms. The summed E-state index contributed by atoms with van der Waals surface area (Å²) in [5, 5.41) is 22.5. The summed E-state index contributed by atoms with van der Waals surface area (Å²) in [6.07, 6.45) is 1.43. The van der Waals surface area contributed by atoms with E-state index in [4.69, 9.17) is 14.2 Å². The minimum absolute atomic E-state index is 0.0104. The van der Waals surface area contributed by atoms with Gasteiger partial charge >= 0.3 is 11.9 Å². The van der Waals surface area contributed by atoms with Gasteiger partial charge in [-0.15, -0.1) is 0 Å². The van der Waals surface area contributed by atoms with Crippen LogP contribution in [0.2, 0.25) is 0 Å². The number of rotatable bonds is 3. The molecule has 5 atom stereocenters. The van der Waals surface area contributed by atoms with Gasteiger partial charge in [-0.1, -0.05) is 6.07 Å². The van der Waals surface area contributed by atoms with Gasteiger partial charge in [-0.2, -0.15) is 0 Å². The van der Waals surface area contributed by atoms with Crippen molar-refractivity contribution in [2.45, 2.75) is 62.4 Å². The van der Waals surface area contributed by atoms with Gasteiger partial charge in [0.15, 0.2) is 23.7 Å². The molecule has 2 heterocycles. The molecule has 0 saturated carbocycles. The number of carbonyl (C=O) groups excluding carboxylic acids is 2. The second-order valence-corrected chi connectivity index (χ2v) is 8.78. The van der Waals surface area contributed by atoms with Gasteiger partial charge in [0.1, 0.15) is 5.76 Å². The highest BCUT2D eigenvalue weighted by molar-refractivity contribution is 5.79. The number of likely N-dealkylation sites (tertiary alicyclic amines) is 1. The van der Waals surface area contributed by atoms with E-state index in [1.807, 2.05) is 13.1 Å². The second-order valence-electron chi connectivity index (χ2n) is 8.78. The van der Waals surface area contributed by atoms with Crippen LogP contribution in [0.15, 0.2) is 24.0 Å². The Morgan fingerprint density at radius 3 is 2.87 bits per heavy atom. The van der Waals surface area contributed by atoms with Crippen molar-refractivity contribution in [3.8, 4) is 11.5 Å². The number of likely N-dealkylation sites (N-methyl/N-ethyl adjacent to an activating group) is 1. The molecule has 1 fully saturated rings. The first-order valence-corrected chi connectivity index (χ1v) is 10.2. The molecule has 2 bridgehead atoms. The van der Waals surface area contributed by atoms with Crippen LogP contribution in [0.4, 0.5) is 0 Å². The van der Waals surface area contributed by atoms with Crippen LogP contribution >= 0.6 is 0 Å². The summed E-state index contributed by atoms with van der Waals surface area (Å²) in [6.45, 7) is 3.42. The summed E-state index contributed by atoms with van der Waals surface area (Å²) >= 11 is 0. The third-order valence-electron chi connectivity index (χ3n) is 7.25. The fourth-order valence-electron chi connectivity index (χ4n) is 5.93. The van der Waals surface area contributed by atoms with Crippen molar-refractivity contribution in [1.82, 2.24) is 4.90 Å². The number of esters is 2. The van der Waals surface area contributed by atoms with Gasteiger partial charge in [-0.3, -0.25) is 4.79 Å². The Labute approximate surface area is 174 Å². The zero-order valence-corrected chi connectivity index (χ0v) is 17.2. The molecular formula is C22H25NO7. The van der Waals surface area contributed by atoms with Crippen LogP contribution in [0.25, 0.3) is 0 Å². The molecule has 5 rings (SSSR count). The zero-order chi connectivity index (χ0) is 21.4. The summed E-state index contributed by atoms with van der Waals surface area (Å²) in [4.78, 5) is 25.9. The Hall–Kier alpha value is -2.58. The van der Waals surface area contributed by atoms with Crippen LogP contribution in [-0.2, 0) is 30.9 Å². The molecule has 0 amide bonds. The average Bonchev–Trinajstić information content (AvgIpc) is 3.04. The summed E-state index contributed by atoms with van der Waals surface area (Å²) in [5.74, 6) is -0.625. The van der Waals surface area contributed by atoms with Crippen molar-refractivity contribution in [2.24, 2.45) is 0 Å². The first kappa shape index (κ1) is 19.4. The van der Waals surface area contributed by atoms with E-state index in [1.54, 1.807) is 12.1 Å². The topological polar surface area (TPSA) is 106 Å². The van der Waals surface area contributed by atoms with Crippen molar-refractivity contribution in [2.75, 3.05) is 13.6 Å². The predicted molar refractivity (Wildman–Crippen MR) is 104 cm³/mol. The second kappa shape index (κ2) is 6.21. The van der Waals surface area contributed by atoms with Crippen molar-refractivity contribution in [3.63, 3.8) is 0 Å². The highest BCUT2D eigenvalue weighted by atomic mass is 16.6. The molecule has 8 heteroatoms. The van der Waals surface area contributed by atoms with Gasteiger partial charge in [-0.25, -0.2) is 4.79 Å². The number of phenolic OH excluding ortho intramolecular Hbond substituents is 1. The largest absolute Gasteiger partial charge is 0.504 e. The van der Waals surface area contributed by atoms with E-state index < -0.39 is 35.2 Å². The van der Waals surface area contributed by atoms with Crippen LogP contribution in [0, 0.1) is 0 Å². The zero-order valence-electron chi connectivity index (χ0n) is 17.2. The molecule has 2 N–H and O–H groups in total. The highest BCUT2D eigenvalue weighted by Crippen LogP contribution is 2.65. The Morgan fingerprint density at radius 1 is 1.37 bits per heavy atom. The number of aliphatic hydroxyl groups is 1. The molecule has 0 radical (unpaired) electrons. The first-order valence-electron chi connectivity index (χ1n) is 10.2. The van der Waals surface area contributed by atoms with E-state index in [-0.39, 0.29) is 17.6 Å². The van der Waals surface area contributed by atoms with E-state index in [2.05, 4.69) is 4.90 Å². The molecule has 8 nitrogen and oxygen atoms in total. The fourth-order valence-corrected chi connectivity index (χ4v) is 5.93. The lowest BCUT2D eigenvalue weighted by molar-refractivity contribution is -0.175. The van der Waals surface area contributed by atoms with Crippen molar-refractivity contribution in [3.05, 3.63) is 35.1 Å². The monoisotopic (exact) mass is 415 g/mol. The average molecular weight is 415 g/mol. The predicted octanol–water partition coefficient (Wildman–Crippen LogP) is 1.16. The van der Waals surface area contributed by atoms with Crippen LogP contribution < -0.4 is 4.74 Å². The number of hydrogen-bond donors (Lipinski definition) is 2. The Kier molecular flexibility index (Phi) is 4.02. The normalized spacial score (nSPS) is 34.3. The summed E-state index contributed by atoms with van der Waals surface area (Å²) in [5.41, 5.74) is -0.0731. The number of hydrogen-bond acceptors (Lipinski definition) is 8. The molecule has 1 saturated heterocycles. The number of phenols is 1. The first-order chi connectivity index (χ1) is 14.2. The van der Waals surface area contributed by atoms with E-state index >= 15 is 0 Å². The molecule has 1 aromatic rings. The van der Waals surface area contributed by atoms with Crippen LogP contribution in [0.3, 0.4) is 0 Å². The smallest absolute Gasteiger partial charge is 0.352 e. The van der Waals surface area contributed by atoms with Crippen molar-refractivity contribution in [1.29, 1.82) is 0 Å². The van der Waals surface area contributed by atoms with Gasteiger partial charge in [0.2, 0.25) is 0 Å². The van der Waals surface area contributed by atoms with Gasteiger partial charge < -0.3 is 29.3 Å². The number of piperidine rings is 1. The standard InChI is InChI=1S/C22H25NO7/c1-11(28-12(2)24)20(26)29-15-6-7-22(27)16-10-13-4-5-14(25)18-17(13)21(22,19(15)30-18)8-9-23(16)3/h4-6,11,16,19,25,27H,7-10H2,1-3H3/t11-,16+,19-,21-,22+/m0/s1. The molecule has 0 unspecified atom stereocenters. The minimum Gasteiger partial charge on any atom is -0.504 e. The van der Waals surface area contributed by atoms with Gasteiger partial charge in [0.25, 0.3) is 0 Å². The summed E-state index contributed by atoms with van der Waals surface area (Å²) < 4.78 is 16.8. The molecule has 2 aliphatic carbocycles. The van der Waals surface area contributed by atoms with E-state index in [1.165, 1.54) is 13.8 Å². The number of aromatic hydroxyl groups is 1. The van der Waals surface area contributed by atoms with Crippen LogP contribution in [0.1, 0.15) is 37.8 Å². The third-order valence-corrected chi connectivity index (χ3v) is 7.25. The van der Waals surface area contributed by atoms with Gasteiger partial charge in [0.05, 0.1) is 11.0 Å². The maximum absolute atomic E-state index is 12.5. The summed E-state index contributed by atoms with van der Waals surface area (Å²) in [6, 6.07) is 3.38. The van der Waals surface area contributed by atoms with E-state index in [9.17, 15) is 19.8 Å². The Morgan fingerprint density at radius 2 is 2.13 bits per heavy atom. The molecule has 160 valence electrons. The van der Waals surface area contributed by atoms with Crippen LogP contribution in [0.5, 0.6) is 11.5 Å². The lowest BCUT2D eigenvalue weighted by Gasteiger charge is -2.61. The Bertz CT molecular complexity index is 988. The fraction of sp³-hybridized carbons (Fsp3) is 0.545. The lowest BCUT2D eigenvalue weighted by atomic mass is 9.50. The van der Waals surface area contributed by atoms with Crippen molar-refractivity contribution < 1.29 is 34.0 Å². The molecule has 30 heavy (non-hydrogen) atoms. The van der Waals surface area contributed by atoms with Gasteiger partial charge in [0, 0.05) is 24.9 Å². The number of nitrogens with zero attached hydrogens (tertiary/aromatic N) is 1. The molecule has 1 aromatic carbocycles. The third kappa shape index (κ3) is 2.29.